The third-order valence-corrected chi connectivity index (χ3v) is 9.76. The van der Waals surface area contributed by atoms with Gasteiger partial charge in [0.15, 0.2) is 11.5 Å². The van der Waals surface area contributed by atoms with Gasteiger partial charge in [0.2, 0.25) is 5.75 Å². The molecule has 6 rings (SSSR count). The Kier molecular flexibility index (Phi) is 10.9. The molecule has 1 aliphatic carbocycles. The van der Waals surface area contributed by atoms with Gasteiger partial charge < -0.3 is 38.1 Å². The number of hydrogen-bond acceptors (Lipinski definition) is 12. The van der Waals surface area contributed by atoms with Crippen LogP contribution in [0.15, 0.2) is 30.3 Å². The molecule has 1 saturated heterocycles. The number of H-pyrrole nitrogens is 1. The van der Waals surface area contributed by atoms with E-state index in [0.717, 1.165) is 37.2 Å². The van der Waals surface area contributed by atoms with Crippen LogP contribution in [-0.4, -0.2) is 107 Å². The summed E-state index contributed by atoms with van der Waals surface area (Å²) in [5, 5.41) is 1.21. The van der Waals surface area contributed by atoms with Crippen LogP contribution < -0.4 is 18.9 Å². The van der Waals surface area contributed by atoms with E-state index in [2.05, 4.69) is 16.0 Å². The van der Waals surface area contributed by atoms with Gasteiger partial charge in [0.1, 0.15) is 18.0 Å². The maximum Gasteiger partial charge on any atom is 0.394 e. The van der Waals surface area contributed by atoms with Gasteiger partial charge in [-0.05, 0) is 60.9 Å². The van der Waals surface area contributed by atoms with Crippen LogP contribution in [0, 0.1) is 17.8 Å². The number of esters is 2. The van der Waals surface area contributed by atoms with Crippen LogP contribution in [0.1, 0.15) is 40.5 Å². The summed E-state index contributed by atoms with van der Waals surface area (Å²) in [6.07, 6.45) is 0.920. The minimum absolute atomic E-state index is 0.0170. The number of nitrogens with zero attached hydrogens (tertiary/aromatic N) is 1. The summed E-state index contributed by atoms with van der Waals surface area (Å²) in [4.78, 5) is 33.1. The van der Waals surface area contributed by atoms with E-state index in [9.17, 15) is 9.59 Å². The Morgan fingerprint density at radius 2 is 1.59 bits per heavy atom. The molecule has 0 amide bonds. The number of piperidine rings is 1. The highest BCUT2D eigenvalue weighted by molar-refractivity contribution is 7.79. The Morgan fingerprint density at radius 3 is 2.16 bits per heavy atom. The molecule has 1 aromatic heterocycles. The molecule has 15 nitrogen and oxygen atoms in total. The quantitative estimate of drug-likeness (QED) is 0.228. The van der Waals surface area contributed by atoms with Crippen molar-refractivity contribution in [3.63, 3.8) is 0 Å². The topological polar surface area (TPSA) is 192 Å². The molecular weight excluding hydrogens is 664 g/mol. The minimum Gasteiger partial charge on any atom is -0.497 e. The third kappa shape index (κ3) is 7.43. The van der Waals surface area contributed by atoms with Crippen molar-refractivity contribution in [2.45, 2.75) is 37.5 Å². The maximum atomic E-state index is 13.5. The molecule has 3 aliphatic rings. The van der Waals surface area contributed by atoms with Gasteiger partial charge >= 0.3 is 22.3 Å². The number of methoxy groups -OCH3 is 6. The van der Waals surface area contributed by atoms with Crippen molar-refractivity contribution in [2.24, 2.45) is 17.8 Å². The van der Waals surface area contributed by atoms with E-state index in [-0.39, 0.29) is 29.4 Å². The average Bonchev–Trinajstić information content (AvgIpc) is 3.46. The van der Waals surface area contributed by atoms with Crippen molar-refractivity contribution >= 4 is 33.2 Å². The van der Waals surface area contributed by atoms with Crippen molar-refractivity contribution in [3.8, 4) is 23.0 Å². The molecule has 0 bridgehead atoms. The zero-order chi connectivity index (χ0) is 35.6. The molecule has 1 saturated carbocycles. The Hall–Kier alpha value is -4.09. The van der Waals surface area contributed by atoms with Crippen LogP contribution in [-0.2, 0) is 35.8 Å². The molecule has 3 aromatic rings. The van der Waals surface area contributed by atoms with Gasteiger partial charge in [0, 0.05) is 42.9 Å². The Balaban J connectivity index is 0.000000874. The first-order valence-corrected chi connectivity index (χ1v) is 17.0. The summed E-state index contributed by atoms with van der Waals surface area (Å²) < 4.78 is 70.7. The number of hydrogen-bond donors (Lipinski definition) is 3. The Labute approximate surface area is 284 Å². The number of aromatic amines is 1. The second kappa shape index (κ2) is 14.8. The van der Waals surface area contributed by atoms with Crippen molar-refractivity contribution in [1.82, 2.24) is 9.88 Å². The van der Waals surface area contributed by atoms with Crippen LogP contribution >= 0.6 is 0 Å². The molecule has 16 heteroatoms. The lowest BCUT2D eigenvalue weighted by molar-refractivity contribution is -0.176. The van der Waals surface area contributed by atoms with Crippen molar-refractivity contribution in [3.05, 3.63) is 47.2 Å². The van der Waals surface area contributed by atoms with E-state index >= 15 is 0 Å². The zero-order valence-electron chi connectivity index (χ0n) is 28.1. The van der Waals surface area contributed by atoms with Gasteiger partial charge in [-0.2, -0.15) is 8.42 Å². The van der Waals surface area contributed by atoms with E-state index in [1.165, 1.54) is 45.1 Å². The molecule has 0 spiro atoms. The first-order valence-electron chi connectivity index (χ1n) is 15.6. The van der Waals surface area contributed by atoms with Crippen LogP contribution in [0.2, 0.25) is 0 Å². The summed E-state index contributed by atoms with van der Waals surface area (Å²) in [6.45, 7) is 1.68. The van der Waals surface area contributed by atoms with Gasteiger partial charge in [0.05, 0.1) is 53.1 Å². The summed E-state index contributed by atoms with van der Waals surface area (Å²) in [6, 6.07) is 9.40. The number of nitrogens with one attached hydrogen (secondary N) is 1. The Bertz CT molecular complexity index is 1760. The highest BCUT2D eigenvalue weighted by Gasteiger charge is 2.54. The van der Waals surface area contributed by atoms with Gasteiger partial charge in [-0.3, -0.25) is 18.8 Å². The molecule has 0 radical (unpaired) electrons. The first kappa shape index (κ1) is 36.2. The fourth-order valence-electron chi connectivity index (χ4n) is 7.76. The first-order chi connectivity index (χ1) is 23.3. The lowest BCUT2D eigenvalue weighted by atomic mass is 9.63. The molecule has 3 heterocycles. The minimum atomic E-state index is -4.67. The molecule has 0 unspecified atom stereocenters. The second-order valence-electron chi connectivity index (χ2n) is 12.1. The summed E-state index contributed by atoms with van der Waals surface area (Å²) >= 11 is 0. The molecular formula is C33H42N2O13S. The second-order valence-corrected chi connectivity index (χ2v) is 13.0. The molecule has 2 aromatic carbocycles. The van der Waals surface area contributed by atoms with Gasteiger partial charge in [-0.15, -0.1) is 0 Å². The number of fused-ring (bicyclic) bond motifs is 6. The van der Waals surface area contributed by atoms with Gasteiger partial charge in [-0.25, -0.2) is 4.79 Å². The van der Waals surface area contributed by atoms with Crippen LogP contribution in [0.5, 0.6) is 23.0 Å². The normalized spacial score (nSPS) is 24.7. The lowest BCUT2D eigenvalue weighted by Gasteiger charge is -2.52. The monoisotopic (exact) mass is 706 g/mol. The van der Waals surface area contributed by atoms with Crippen molar-refractivity contribution < 1.29 is 60.3 Å². The van der Waals surface area contributed by atoms with Crippen LogP contribution in [0.3, 0.4) is 0 Å². The fraction of sp³-hybridized carbons (Fsp3) is 0.515. The van der Waals surface area contributed by atoms with Crippen LogP contribution in [0.4, 0.5) is 0 Å². The molecule has 3 N–H and O–H groups in total. The summed E-state index contributed by atoms with van der Waals surface area (Å²) in [5.41, 5.74) is 3.83. The van der Waals surface area contributed by atoms with E-state index in [0.29, 0.717) is 23.7 Å². The Morgan fingerprint density at radius 1 is 0.918 bits per heavy atom. The number of ether oxygens (including phenoxy) is 7. The maximum absolute atomic E-state index is 13.5. The molecule has 49 heavy (non-hydrogen) atoms. The zero-order valence-corrected chi connectivity index (χ0v) is 28.9. The number of carbonyl (C=O) groups excluding carboxylic acids is 2. The van der Waals surface area contributed by atoms with Crippen molar-refractivity contribution in [1.29, 1.82) is 0 Å². The predicted molar refractivity (Wildman–Crippen MR) is 175 cm³/mol. The van der Waals surface area contributed by atoms with Gasteiger partial charge in [-0.1, -0.05) is 0 Å². The number of carbonyl (C=O) groups is 2. The van der Waals surface area contributed by atoms with E-state index in [1.807, 2.05) is 12.1 Å². The average molecular weight is 707 g/mol. The largest absolute Gasteiger partial charge is 0.497 e. The molecule has 2 fully saturated rings. The third-order valence-electron chi connectivity index (χ3n) is 9.76. The smallest absolute Gasteiger partial charge is 0.394 e. The molecule has 268 valence electrons. The van der Waals surface area contributed by atoms with E-state index in [4.69, 9.17) is 50.7 Å². The number of benzene rings is 2. The standard InChI is InChI=1S/C33H40N2O9.H2O4S/c1-38-19-7-8-20-21-9-10-35-16-18-13-27(44-32(36)17-11-25(39-2)30(41-4)26(12-17)40-3)31(42-5)28(33(37)43-6)22(18)15-24(35)29(21)34-23(20)14-19;1-5(2,3)4/h7-8,11-12,14,18,22,24,27-28,31,34H,9-10,13,15-16H2,1-6H3;(H2,1,2,3,4)/t18-,22+,24-,27-,28+,31+;/m1./s1. The van der Waals surface area contributed by atoms with Crippen molar-refractivity contribution in [2.75, 3.05) is 55.7 Å². The SMILES string of the molecule is COC(=O)[C@H]1[C@H]2C[C@@H]3c4[nH]c5cc(OC)ccc5c4CCN3C[C@H]2C[C@@H](OC(=O)c2cc(OC)c(OC)c(OC)c2)[C@@H]1OC.O=S(=O)(O)O. The highest BCUT2D eigenvalue weighted by Crippen LogP contribution is 2.51. The number of rotatable bonds is 8. The summed E-state index contributed by atoms with van der Waals surface area (Å²) in [7, 11) is 4.43. The molecule has 6 atom stereocenters. The van der Waals surface area contributed by atoms with E-state index in [1.54, 1.807) is 26.4 Å². The molecule has 2 aliphatic heterocycles. The van der Waals surface area contributed by atoms with Gasteiger partial charge in [0.25, 0.3) is 0 Å². The number of aromatic nitrogens is 1. The van der Waals surface area contributed by atoms with E-state index < -0.39 is 34.5 Å². The highest BCUT2D eigenvalue weighted by atomic mass is 32.3. The summed E-state index contributed by atoms with van der Waals surface area (Å²) in [5.74, 6) is 0.441. The lowest BCUT2D eigenvalue weighted by Crippen LogP contribution is -2.58. The van der Waals surface area contributed by atoms with Crippen LogP contribution in [0.25, 0.3) is 10.9 Å². The fourth-order valence-corrected chi connectivity index (χ4v) is 7.76. The predicted octanol–water partition coefficient (Wildman–Crippen LogP) is 3.52.